The normalized spacial score (nSPS) is 19.2. The van der Waals surface area contributed by atoms with E-state index in [1.807, 2.05) is 9.80 Å². The van der Waals surface area contributed by atoms with Crippen molar-refractivity contribution in [2.45, 2.75) is 17.7 Å². The van der Waals surface area contributed by atoms with Crippen LogP contribution in [0.5, 0.6) is 11.5 Å². The maximum absolute atomic E-state index is 13.3. The molecule has 0 N–H and O–H groups in total. The van der Waals surface area contributed by atoms with Crippen LogP contribution in [0.2, 0.25) is 10.0 Å². The molecule has 0 aliphatic carbocycles. The molecule has 0 aromatic heterocycles. The van der Waals surface area contributed by atoms with Gasteiger partial charge in [-0.1, -0.05) is 23.2 Å². The van der Waals surface area contributed by atoms with Gasteiger partial charge in [0.05, 0.1) is 15.5 Å². The number of hydrogen-bond acceptors (Lipinski definition) is 5. The van der Waals surface area contributed by atoms with Gasteiger partial charge < -0.3 is 19.3 Å². The quantitative estimate of drug-likeness (QED) is 0.633. The van der Waals surface area contributed by atoms with Crippen LogP contribution in [0.3, 0.4) is 0 Å². The zero-order valence-corrected chi connectivity index (χ0v) is 18.9. The Bertz CT molecular complexity index is 1060. The first-order valence-corrected chi connectivity index (χ1v) is 11.8. The van der Waals surface area contributed by atoms with Gasteiger partial charge in [0.1, 0.15) is 0 Å². The fourth-order valence-electron chi connectivity index (χ4n) is 4.39. The van der Waals surface area contributed by atoms with E-state index < -0.39 is 0 Å². The van der Waals surface area contributed by atoms with Gasteiger partial charge in [0.15, 0.2) is 11.5 Å². The van der Waals surface area contributed by atoms with Crippen LogP contribution in [0.1, 0.15) is 33.6 Å². The van der Waals surface area contributed by atoms with Crippen molar-refractivity contribution in [1.82, 2.24) is 9.80 Å². The van der Waals surface area contributed by atoms with Gasteiger partial charge in [-0.05, 0) is 49.2 Å². The lowest BCUT2D eigenvalue weighted by Gasteiger charge is -2.44. The molecule has 3 heterocycles. The molecule has 0 atom stereocenters. The number of hydrogen-bond donors (Lipinski definition) is 0. The maximum atomic E-state index is 13.3. The number of carbonyl (C=O) groups excluding carboxylic acids is 2. The number of ether oxygens (including phenoxy) is 2. The first-order valence-electron chi connectivity index (χ1n) is 10.1. The van der Waals surface area contributed by atoms with Gasteiger partial charge in [-0.15, -0.1) is 11.8 Å². The monoisotopic (exact) mass is 478 g/mol. The van der Waals surface area contributed by atoms with E-state index in [0.717, 1.165) is 5.75 Å². The van der Waals surface area contributed by atoms with Crippen LogP contribution in [-0.4, -0.2) is 58.7 Å². The summed E-state index contributed by atoms with van der Waals surface area (Å²) in [5, 5.41) is 0.863. The van der Waals surface area contributed by atoms with Crippen LogP contribution in [0, 0.1) is 0 Å². The summed E-state index contributed by atoms with van der Waals surface area (Å²) >= 11 is 14.1. The van der Waals surface area contributed by atoms with Crippen LogP contribution in [-0.2, 0) is 0 Å². The van der Waals surface area contributed by atoms with Crippen LogP contribution >= 0.6 is 35.0 Å². The molecule has 31 heavy (non-hydrogen) atoms. The molecule has 6 nitrogen and oxygen atoms in total. The molecule has 2 saturated heterocycles. The molecular formula is C22H20Cl2N2O4S. The maximum Gasteiger partial charge on any atom is 0.256 e. The van der Waals surface area contributed by atoms with Crippen LogP contribution in [0.15, 0.2) is 36.4 Å². The van der Waals surface area contributed by atoms with Crippen molar-refractivity contribution < 1.29 is 19.1 Å². The number of fused-ring (bicyclic) bond motifs is 1. The molecule has 2 fully saturated rings. The Morgan fingerprint density at radius 2 is 1.71 bits per heavy atom. The largest absolute Gasteiger partial charge is 0.454 e. The molecule has 0 saturated carbocycles. The number of rotatable bonds is 2. The zero-order chi connectivity index (χ0) is 21.6. The van der Waals surface area contributed by atoms with E-state index in [-0.39, 0.29) is 23.5 Å². The molecule has 2 aromatic rings. The van der Waals surface area contributed by atoms with Crippen molar-refractivity contribution in [2.75, 3.05) is 32.2 Å². The predicted molar refractivity (Wildman–Crippen MR) is 120 cm³/mol. The summed E-state index contributed by atoms with van der Waals surface area (Å²) in [6, 6.07) is 10.2. The van der Waals surface area contributed by atoms with Crippen LogP contribution in [0.4, 0.5) is 0 Å². The summed E-state index contributed by atoms with van der Waals surface area (Å²) in [7, 11) is 0. The second-order valence-electron chi connectivity index (χ2n) is 7.74. The van der Waals surface area contributed by atoms with E-state index >= 15 is 0 Å². The second kappa shape index (κ2) is 8.11. The number of likely N-dealkylation sites (tertiary alicyclic amines) is 1. The Balaban J connectivity index is 1.30. The van der Waals surface area contributed by atoms with Gasteiger partial charge in [0, 0.05) is 36.0 Å². The molecule has 0 radical (unpaired) electrons. The van der Waals surface area contributed by atoms with Crippen LogP contribution < -0.4 is 9.47 Å². The number of benzene rings is 2. The summed E-state index contributed by atoms with van der Waals surface area (Å²) in [6.45, 7) is 2.01. The van der Waals surface area contributed by atoms with Crippen molar-refractivity contribution in [2.24, 2.45) is 0 Å². The molecule has 5 rings (SSSR count). The van der Waals surface area contributed by atoms with Gasteiger partial charge in [-0.3, -0.25) is 9.59 Å². The Morgan fingerprint density at radius 1 is 0.935 bits per heavy atom. The molecule has 3 aliphatic heterocycles. The highest BCUT2D eigenvalue weighted by atomic mass is 35.5. The average molecular weight is 479 g/mol. The number of amides is 2. The highest BCUT2D eigenvalue weighted by Crippen LogP contribution is 2.45. The minimum atomic E-state index is -0.314. The number of carbonyl (C=O) groups is 2. The molecule has 2 amide bonds. The van der Waals surface area contributed by atoms with Gasteiger partial charge >= 0.3 is 0 Å². The van der Waals surface area contributed by atoms with Crippen LogP contribution in [0.25, 0.3) is 0 Å². The fourth-order valence-corrected chi connectivity index (χ4v) is 6.33. The molecular weight excluding hydrogens is 459 g/mol. The lowest BCUT2D eigenvalue weighted by molar-refractivity contribution is 0.0497. The summed E-state index contributed by atoms with van der Waals surface area (Å²) in [5.41, 5.74) is 1.05. The topological polar surface area (TPSA) is 59.1 Å². The molecule has 0 unspecified atom stereocenters. The Kier molecular flexibility index (Phi) is 5.44. The third-order valence-corrected chi connectivity index (χ3v) is 8.14. The predicted octanol–water partition coefficient (Wildman–Crippen LogP) is 4.54. The standard InChI is InChI=1S/C22H20Cl2N2O4S/c23-15-2-3-16(17(24)12-15)21(28)26-9-10-31-22(26)5-7-25(8-6-22)20(27)14-1-4-18-19(11-14)30-13-29-18/h1-4,11-12H,5-10,13H2. The van der Waals surface area contributed by atoms with E-state index in [4.69, 9.17) is 32.7 Å². The van der Waals surface area contributed by atoms with E-state index in [1.165, 1.54) is 0 Å². The minimum absolute atomic E-state index is 0.0326. The lowest BCUT2D eigenvalue weighted by Crippen LogP contribution is -2.53. The minimum Gasteiger partial charge on any atom is -0.454 e. The number of halogens is 2. The van der Waals surface area contributed by atoms with Gasteiger partial charge in [0.2, 0.25) is 6.79 Å². The first kappa shape index (κ1) is 20.8. The highest BCUT2D eigenvalue weighted by Gasteiger charge is 2.47. The van der Waals surface area contributed by atoms with Gasteiger partial charge in [-0.2, -0.15) is 0 Å². The third-order valence-electron chi connectivity index (χ3n) is 6.04. The molecule has 2 aromatic carbocycles. The average Bonchev–Trinajstić information content (AvgIpc) is 3.40. The SMILES string of the molecule is O=C(c1ccc2c(c1)OCO2)N1CCC2(CC1)SCCN2C(=O)c1ccc(Cl)cc1Cl. The molecule has 0 bridgehead atoms. The van der Waals surface area contributed by atoms with Crippen molar-refractivity contribution in [3.8, 4) is 11.5 Å². The van der Waals surface area contributed by atoms with E-state index in [9.17, 15) is 9.59 Å². The van der Waals surface area contributed by atoms with E-state index in [0.29, 0.717) is 65.1 Å². The lowest BCUT2D eigenvalue weighted by atomic mass is 10.00. The molecule has 1 spiro atoms. The molecule has 3 aliphatic rings. The first-order chi connectivity index (χ1) is 15.0. The Hall–Kier alpha value is -2.09. The number of thioether (sulfide) groups is 1. The van der Waals surface area contributed by atoms with Crippen molar-refractivity contribution in [3.63, 3.8) is 0 Å². The number of piperidine rings is 1. The van der Waals surface area contributed by atoms with Gasteiger partial charge in [0.25, 0.3) is 11.8 Å². The number of nitrogens with zero attached hydrogens (tertiary/aromatic N) is 2. The smallest absolute Gasteiger partial charge is 0.256 e. The van der Waals surface area contributed by atoms with Crippen molar-refractivity contribution >= 4 is 46.8 Å². The van der Waals surface area contributed by atoms with Crippen molar-refractivity contribution in [3.05, 3.63) is 57.6 Å². The van der Waals surface area contributed by atoms with E-state index in [2.05, 4.69) is 0 Å². The summed E-state index contributed by atoms with van der Waals surface area (Å²) in [5.74, 6) is 2.01. The van der Waals surface area contributed by atoms with Gasteiger partial charge in [-0.25, -0.2) is 0 Å². The summed E-state index contributed by atoms with van der Waals surface area (Å²) in [6.07, 6.45) is 1.43. The Labute approximate surface area is 194 Å². The zero-order valence-electron chi connectivity index (χ0n) is 16.6. The summed E-state index contributed by atoms with van der Waals surface area (Å²) < 4.78 is 10.7. The second-order valence-corrected chi connectivity index (χ2v) is 10.0. The fraction of sp³-hybridized carbons (Fsp3) is 0.364. The molecule has 9 heteroatoms. The van der Waals surface area contributed by atoms with Crippen molar-refractivity contribution in [1.29, 1.82) is 0 Å². The summed E-state index contributed by atoms with van der Waals surface area (Å²) in [4.78, 5) is 29.8. The van der Waals surface area contributed by atoms with E-state index in [1.54, 1.807) is 48.2 Å². The molecule has 162 valence electrons. The Morgan fingerprint density at radius 3 is 2.48 bits per heavy atom. The third kappa shape index (κ3) is 3.73. The highest BCUT2D eigenvalue weighted by molar-refractivity contribution is 8.00.